The lowest BCUT2D eigenvalue weighted by molar-refractivity contribution is -0.140. The van der Waals surface area contributed by atoms with E-state index in [9.17, 15) is 40.3 Å². The van der Waals surface area contributed by atoms with Crippen LogP contribution in [0.3, 0.4) is 0 Å². The highest BCUT2D eigenvalue weighted by Crippen LogP contribution is 2.36. The number of halogens is 2. The number of aromatic nitrogens is 6. The number of nitrogens with one attached hydrogen (secondary N) is 1. The number of carboxylic acids is 1. The number of carbonyl (C=O) groups excluding carboxylic acids is 1. The van der Waals surface area contributed by atoms with Crippen LogP contribution in [0.15, 0.2) is 193 Å². The number of hydrogen-bond donors (Lipinski definition) is 3. The van der Waals surface area contributed by atoms with Gasteiger partial charge in [-0.2, -0.15) is 18.8 Å². The smallest absolute Gasteiger partial charge is 0.310 e. The molecule has 562 valence electrons. The van der Waals surface area contributed by atoms with E-state index < -0.39 is 42.9 Å². The van der Waals surface area contributed by atoms with Crippen molar-refractivity contribution in [3.8, 4) is 45.3 Å². The molecule has 0 aliphatic heterocycles. The van der Waals surface area contributed by atoms with Gasteiger partial charge in [-0.1, -0.05) is 76.2 Å². The average Bonchev–Trinajstić information content (AvgIpc) is 0.947. The van der Waals surface area contributed by atoms with Crippen molar-refractivity contribution in [3.05, 3.63) is 245 Å². The van der Waals surface area contributed by atoms with E-state index in [1.807, 2.05) is 147 Å². The van der Waals surface area contributed by atoms with Gasteiger partial charge in [-0.05, 0) is 210 Å². The first kappa shape index (κ1) is 81.3. The molecule has 0 aliphatic rings. The summed E-state index contributed by atoms with van der Waals surface area (Å²) in [5.41, 5.74) is 14.2. The van der Waals surface area contributed by atoms with Crippen molar-refractivity contribution in [3.63, 3.8) is 0 Å². The number of esters is 1. The van der Waals surface area contributed by atoms with E-state index in [2.05, 4.69) is 25.5 Å². The Labute approximate surface area is 620 Å². The highest BCUT2D eigenvalue weighted by atomic mass is 32.2. The summed E-state index contributed by atoms with van der Waals surface area (Å²) >= 11 is 0. The number of benzene rings is 6. The van der Waals surface area contributed by atoms with Crippen molar-refractivity contribution >= 4 is 37.8 Å². The third-order valence-electron chi connectivity index (χ3n) is 17.8. The minimum atomic E-state index is -4.02. The van der Waals surface area contributed by atoms with E-state index in [0.29, 0.717) is 64.2 Å². The van der Waals surface area contributed by atoms with Crippen molar-refractivity contribution in [2.75, 3.05) is 54.0 Å². The van der Waals surface area contributed by atoms with Gasteiger partial charge in [0.25, 0.3) is 0 Å². The number of ether oxygens (including phenoxy) is 5. The molecule has 6 aromatic carbocycles. The summed E-state index contributed by atoms with van der Waals surface area (Å²) in [6.45, 7) is 18.5. The minimum Gasteiger partial charge on any atom is -0.497 e. The molecule has 4 aromatic heterocycles. The van der Waals surface area contributed by atoms with Crippen LogP contribution in [0.1, 0.15) is 117 Å². The Morgan fingerprint density at radius 1 is 0.538 bits per heavy atom. The number of aryl methyl sites for hydroxylation is 1. The van der Waals surface area contributed by atoms with Gasteiger partial charge in [0.15, 0.2) is 0 Å². The Morgan fingerprint density at radius 3 is 1.25 bits per heavy atom. The van der Waals surface area contributed by atoms with Gasteiger partial charge in [-0.25, -0.2) is 30.6 Å². The molecule has 0 spiro atoms. The van der Waals surface area contributed by atoms with Crippen LogP contribution < -0.4 is 30.0 Å². The number of carboxylic acid groups (broad SMARTS) is 1. The lowest BCUT2D eigenvalue weighted by Gasteiger charge is -2.26. The second kappa shape index (κ2) is 36.1. The first-order valence-electron chi connectivity index (χ1n) is 34.2. The number of carbonyl (C=O) groups is 2. The van der Waals surface area contributed by atoms with Crippen molar-refractivity contribution in [1.82, 2.24) is 38.1 Å². The number of pyridine rings is 2. The van der Waals surface area contributed by atoms with Gasteiger partial charge >= 0.3 is 11.9 Å². The minimum absolute atomic E-state index is 0.0424. The van der Waals surface area contributed by atoms with Gasteiger partial charge in [0.1, 0.15) is 50.2 Å². The third kappa shape index (κ3) is 21.2. The highest BCUT2D eigenvalue weighted by Gasteiger charge is 2.32. The number of nitrogens with two attached hydrogens (primary N) is 1. The molecule has 10 aromatic rings. The molecule has 0 fully saturated rings. The normalized spacial score (nSPS) is 11.8. The monoisotopic (exact) mass is 1490 g/mol. The molecule has 0 saturated carbocycles. The predicted octanol–water partition coefficient (Wildman–Crippen LogP) is 14.1. The largest absolute Gasteiger partial charge is 0.497 e. The molecule has 0 bridgehead atoms. The Bertz CT molecular complexity index is 4740. The molecule has 106 heavy (non-hydrogen) atoms. The summed E-state index contributed by atoms with van der Waals surface area (Å²) in [5.74, 6) is 1.18. The lowest BCUT2D eigenvalue weighted by atomic mass is 9.88. The van der Waals surface area contributed by atoms with Gasteiger partial charge in [0.2, 0.25) is 20.0 Å². The molecule has 0 atom stereocenters. The molecular weight excluding hydrogens is 1400 g/mol. The molecule has 22 nitrogen and oxygen atoms in total. The van der Waals surface area contributed by atoms with Gasteiger partial charge in [0, 0.05) is 69.7 Å². The molecule has 0 aliphatic carbocycles. The van der Waals surface area contributed by atoms with E-state index in [-0.39, 0.29) is 72.4 Å². The number of nitrogens with zero attached hydrogens (tertiary/aromatic N) is 8. The quantitative estimate of drug-likeness (QED) is 0.0353. The summed E-state index contributed by atoms with van der Waals surface area (Å²) in [4.78, 5) is 32.3. The topological polar surface area (TPSA) is 275 Å². The van der Waals surface area contributed by atoms with Gasteiger partial charge in [-0.3, -0.25) is 23.9 Å². The number of sulfonamides is 2. The van der Waals surface area contributed by atoms with Gasteiger partial charge in [0.05, 0.1) is 71.9 Å². The number of methoxy groups -OCH3 is 5. The van der Waals surface area contributed by atoms with Crippen molar-refractivity contribution in [1.29, 1.82) is 0 Å². The first-order chi connectivity index (χ1) is 50.3. The van der Waals surface area contributed by atoms with Crippen LogP contribution in [0.5, 0.6) is 23.0 Å². The summed E-state index contributed by atoms with van der Waals surface area (Å²) in [7, 11) is -0.149. The van der Waals surface area contributed by atoms with Crippen LogP contribution in [0.2, 0.25) is 0 Å². The zero-order valence-corrected chi connectivity index (χ0v) is 63.9. The second-order valence-corrected chi connectivity index (χ2v) is 31.0. The van der Waals surface area contributed by atoms with E-state index in [4.69, 9.17) is 29.4 Å². The third-order valence-corrected chi connectivity index (χ3v) is 21.3. The van der Waals surface area contributed by atoms with E-state index >= 15 is 0 Å². The number of aliphatic carboxylic acids is 1. The SMILES string of the molecule is COC(=O)Cc1c(-c2ccnc(C)c2)cc(F)cc1C(C)C.COc1ccc(CN(Cc2ccc(OC)cc2)S(=O)(=O)c2cnn(C(C)(C)CN)c2)cc1.COc1ccc(CN(Cc2ccc(OC)cc2)S(=O)(=O)c2cnn(C(C)(C)CNc3cc(-c4cc(F)cc(C(C)C)c4CC(=O)O)ccn3)c2)cc1. The summed E-state index contributed by atoms with van der Waals surface area (Å²) in [6.07, 6.45) is 8.93. The fourth-order valence-corrected chi connectivity index (χ4v) is 14.2. The van der Waals surface area contributed by atoms with Gasteiger partial charge in [-0.15, -0.1) is 0 Å². The van der Waals surface area contributed by atoms with Crippen molar-refractivity contribution in [2.45, 2.75) is 134 Å². The Hall–Kier alpha value is -10.4. The summed E-state index contributed by atoms with van der Waals surface area (Å²) in [5, 5.41) is 21.7. The standard InChI is InChI=1S/C39H44FN5O6S.C23H30N4O4S.C18H20FNO2/c1-26(2)34-18-30(40)19-35(36(34)20-38(46)47)29-15-16-41-37(17-29)42-25-39(3,4)45-24-33(21-43-45)52(48,49)44(22-27-7-11-31(50-5)12-8-27)23-28-9-13-32(51-6)14-10-28;1-23(2,17-24)27-16-22(13-25-27)32(28,29)26(14-18-5-9-20(30-3)10-6-18)15-19-7-11-21(31-4)12-8-19;1-11(2)15-8-14(19)9-16(17(15)10-18(21)22-4)13-5-6-20-12(3)7-13/h7-19,21,24,26H,20,22-23,25H2,1-6H3,(H,41,42)(H,46,47);5-13,16H,14-15,17,24H2,1-4H3;5-9,11H,10H2,1-4H3. The first-order valence-corrected chi connectivity index (χ1v) is 37.1. The van der Waals surface area contributed by atoms with E-state index in [1.54, 1.807) is 86.6 Å². The van der Waals surface area contributed by atoms with Crippen LogP contribution in [-0.4, -0.2) is 121 Å². The fraction of sp³-hybridized carbons (Fsp3) is 0.325. The van der Waals surface area contributed by atoms with E-state index in [1.165, 1.54) is 64.8 Å². The van der Waals surface area contributed by atoms with Crippen molar-refractivity contribution < 1.29 is 64.0 Å². The van der Waals surface area contributed by atoms with Crippen LogP contribution in [0.25, 0.3) is 22.3 Å². The van der Waals surface area contributed by atoms with Crippen LogP contribution >= 0.6 is 0 Å². The molecular formula is C80H94F2N10O12S2. The predicted molar refractivity (Wildman–Crippen MR) is 405 cm³/mol. The highest BCUT2D eigenvalue weighted by molar-refractivity contribution is 7.89. The molecule has 4 N–H and O–H groups in total. The maximum Gasteiger partial charge on any atom is 0.310 e. The summed E-state index contributed by atoms with van der Waals surface area (Å²) < 4.78 is 116. The average molecular weight is 1490 g/mol. The Morgan fingerprint density at radius 2 is 0.906 bits per heavy atom. The van der Waals surface area contributed by atoms with Crippen LogP contribution in [-0.2, 0) is 84.5 Å². The zero-order valence-electron chi connectivity index (χ0n) is 62.3. The maximum atomic E-state index is 14.8. The second-order valence-electron chi connectivity index (χ2n) is 27.2. The fourth-order valence-electron chi connectivity index (χ4n) is 11.5. The number of hydrogen-bond acceptors (Lipinski definition) is 17. The Balaban J connectivity index is 0.000000222. The van der Waals surface area contributed by atoms with Crippen molar-refractivity contribution in [2.24, 2.45) is 5.73 Å². The molecule has 26 heteroatoms. The number of anilines is 1. The Kier molecular flexibility index (Phi) is 27.7. The lowest BCUT2D eigenvalue weighted by Crippen LogP contribution is -2.35. The molecule has 0 amide bonds. The number of rotatable bonds is 30. The van der Waals surface area contributed by atoms with E-state index in [0.717, 1.165) is 50.2 Å². The molecule has 4 heterocycles. The summed E-state index contributed by atoms with van der Waals surface area (Å²) in [6, 6.07) is 42.1. The molecule has 10 rings (SSSR count). The van der Waals surface area contributed by atoms with Gasteiger partial charge < -0.3 is 39.8 Å². The van der Waals surface area contributed by atoms with Crippen LogP contribution in [0, 0.1) is 18.6 Å². The molecule has 0 unspecified atom stereocenters. The molecule has 0 saturated heterocycles. The maximum absolute atomic E-state index is 14.8. The van der Waals surface area contributed by atoms with Crippen LogP contribution in [0.4, 0.5) is 14.6 Å². The zero-order chi connectivity index (χ0) is 77.3. The molecule has 0 radical (unpaired) electrons.